The maximum absolute atomic E-state index is 11.9. The SMILES string of the molecule is NC(c1ccc2c(c1)C(=O)NCC2)c1cccc(Br)c1Cl. The fourth-order valence-electron chi connectivity index (χ4n) is 2.56. The second kappa shape index (κ2) is 5.79. The van der Waals surface area contributed by atoms with E-state index in [-0.39, 0.29) is 11.9 Å². The van der Waals surface area contributed by atoms with Crippen LogP contribution in [-0.4, -0.2) is 12.5 Å². The molecular weight excluding hydrogens is 352 g/mol. The van der Waals surface area contributed by atoms with Gasteiger partial charge in [-0.25, -0.2) is 0 Å². The van der Waals surface area contributed by atoms with Crippen molar-refractivity contribution in [1.82, 2.24) is 5.32 Å². The number of carbonyl (C=O) groups excluding carboxylic acids is 1. The minimum Gasteiger partial charge on any atom is -0.352 e. The van der Waals surface area contributed by atoms with Crippen LogP contribution in [0, 0.1) is 0 Å². The van der Waals surface area contributed by atoms with Crippen LogP contribution in [0.15, 0.2) is 40.9 Å². The molecule has 108 valence electrons. The molecule has 1 amide bonds. The molecule has 0 bridgehead atoms. The summed E-state index contributed by atoms with van der Waals surface area (Å²) in [4.78, 5) is 11.9. The Hall–Kier alpha value is -1.36. The van der Waals surface area contributed by atoms with Gasteiger partial charge in [-0.3, -0.25) is 4.79 Å². The van der Waals surface area contributed by atoms with Gasteiger partial charge < -0.3 is 11.1 Å². The molecule has 5 heteroatoms. The number of hydrogen-bond donors (Lipinski definition) is 2. The maximum Gasteiger partial charge on any atom is 0.251 e. The van der Waals surface area contributed by atoms with Crippen molar-refractivity contribution in [2.75, 3.05) is 6.54 Å². The number of rotatable bonds is 2. The van der Waals surface area contributed by atoms with Gasteiger partial charge in [-0.2, -0.15) is 0 Å². The molecule has 0 saturated heterocycles. The van der Waals surface area contributed by atoms with Crippen LogP contribution in [0.3, 0.4) is 0 Å². The molecule has 3 rings (SSSR count). The summed E-state index contributed by atoms with van der Waals surface area (Å²) in [5.41, 5.74) is 9.82. The lowest BCUT2D eigenvalue weighted by molar-refractivity contribution is 0.0946. The zero-order valence-corrected chi connectivity index (χ0v) is 13.5. The fraction of sp³-hybridized carbons (Fsp3) is 0.188. The van der Waals surface area contributed by atoms with Crippen molar-refractivity contribution >= 4 is 33.4 Å². The molecule has 3 N–H and O–H groups in total. The average molecular weight is 366 g/mol. The average Bonchev–Trinajstić information content (AvgIpc) is 2.49. The monoisotopic (exact) mass is 364 g/mol. The number of carbonyl (C=O) groups is 1. The molecule has 0 aromatic heterocycles. The van der Waals surface area contributed by atoms with E-state index in [2.05, 4.69) is 21.2 Å². The van der Waals surface area contributed by atoms with Crippen molar-refractivity contribution in [2.45, 2.75) is 12.5 Å². The van der Waals surface area contributed by atoms with E-state index in [4.69, 9.17) is 17.3 Å². The first kappa shape index (κ1) is 14.6. The Morgan fingerprint density at radius 1 is 1.29 bits per heavy atom. The number of amides is 1. The van der Waals surface area contributed by atoms with Gasteiger partial charge in [0.15, 0.2) is 0 Å². The molecule has 1 heterocycles. The summed E-state index contributed by atoms with van der Waals surface area (Å²) in [5, 5.41) is 3.46. The van der Waals surface area contributed by atoms with Crippen LogP contribution < -0.4 is 11.1 Å². The lowest BCUT2D eigenvalue weighted by Gasteiger charge is -2.20. The van der Waals surface area contributed by atoms with Crippen LogP contribution in [-0.2, 0) is 6.42 Å². The molecule has 1 aliphatic heterocycles. The highest BCUT2D eigenvalue weighted by Crippen LogP contribution is 2.32. The highest BCUT2D eigenvalue weighted by Gasteiger charge is 2.20. The smallest absolute Gasteiger partial charge is 0.251 e. The molecule has 0 fully saturated rings. The summed E-state index contributed by atoms with van der Waals surface area (Å²) in [7, 11) is 0. The third-order valence-electron chi connectivity index (χ3n) is 3.73. The van der Waals surface area contributed by atoms with E-state index in [9.17, 15) is 4.79 Å². The number of nitrogens with two attached hydrogens (primary N) is 1. The van der Waals surface area contributed by atoms with E-state index in [1.165, 1.54) is 0 Å². The standard InChI is InChI=1S/C16H14BrClN2O/c17-13-3-1-2-11(14(13)18)15(19)10-5-4-9-6-7-20-16(21)12(9)8-10/h1-5,8,15H,6-7,19H2,(H,20,21). The predicted molar refractivity (Wildman–Crippen MR) is 87.7 cm³/mol. The van der Waals surface area contributed by atoms with Gasteiger partial charge in [0.05, 0.1) is 11.1 Å². The van der Waals surface area contributed by atoms with Crippen molar-refractivity contribution in [3.63, 3.8) is 0 Å². The van der Waals surface area contributed by atoms with Gasteiger partial charge in [0.25, 0.3) is 5.91 Å². The molecule has 0 radical (unpaired) electrons. The Labute approximate surface area is 136 Å². The number of hydrogen-bond acceptors (Lipinski definition) is 2. The van der Waals surface area contributed by atoms with E-state index in [1.807, 2.05) is 36.4 Å². The molecule has 0 spiro atoms. The Bertz CT molecular complexity index is 717. The molecule has 0 saturated carbocycles. The second-order valence-electron chi connectivity index (χ2n) is 5.04. The normalized spacial score (nSPS) is 15.3. The lowest BCUT2D eigenvalue weighted by atomic mass is 9.93. The van der Waals surface area contributed by atoms with Crippen molar-refractivity contribution in [1.29, 1.82) is 0 Å². The van der Waals surface area contributed by atoms with Gasteiger partial charge in [-0.05, 0) is 51.2 Å². The summed E-state index contributed by atoms with van der Waals surface area (Å²) in [6, 6.07) is 11.1. The van der Waals surface area contributed by atoms with Crippen LogP contribution in [0.25, 0.3) is 0 Å². The molecule has 1 atom stereocenters. The van der Waals surface area contributed by atoms with Gasteiger partial charge in [-0.15, -0.1) is 0 Å². The van der Waals surface area contributed by atoms with E-state index in [0.29, 0.717) is 17.1 Å². The summed E-state index contributed by atoms with van der Waals surface area (Å²) >= 11 is 9.71. The predicted octanol–water partition coefficient (Wildman–Crippen LogP) is 3.44. The van der Waals surface area contributed by atoms with Crippen molar-refractivity contribution in [3.8, 4) is 0 Å². The summed E-state index contributed by atoms with van der Waals surface area (Å²) in [5.74, 6) is -0.0364. The molecule has 3 nitrogen and oxygen atoms in total. The van der Waals surface area contributed by atoms with Crippen molar-refractivity contribution in [3.05, 3.63) is 68.1 Å². The summed E-state index contributed by atoms with van der Waals surface area (Å²) < 4.78 is 0.813. The van der Waals surface area contributed by atoms with Crippen LogP contribution in [0.4, 0.5) is 0 Å². The molecule has 21 heavy (non-hydrogen) atoms. The first-order valence-corrected chi connectivity index (χ1v) is 7.85. The summed E-state index contributed by atoms with van der Waals surface area (Å²) in [6.45, 7) is 0.689. The fourth-order valence-corrected chi connectivity index (χ4v) is 3.19. The van der Waals surface area contributed by atoms with Gasteiger partial charge in [0.1, 0.15) is 0 Å². The van der Waals surface area contributed by atoms with Crippen molar-refractivity contribution in [2.24, 2.45) is 5.73 Å². The minimum atomic E-state index is -0.366. The first-order chi connectivity index (χ1) is 10.1. The zero-order chi connectivity index (χ0) is 15.0. The minimum absolute atomic E-state index is 0.0364. The van der Waals surface area contributed by atoms with E-state index < -0.39 is 0 Å². The Morgan fingerprint density at radius 2 is 2.10 bits per heavy atom. The van der Waals surface area contributed by atoms with E-state index in [0.717, 1.165) is 27.6 Å². The molecule has 2 aromatic rings. The first-order valence-electron chi connectivity index (χ1n) is 6.68. The molecule has 1 aliphatic rings. The highest BCUT2D eigenvalue weighted by atomic mass is 79.9. The number of nitrogens with one attached hydrogen (secondary N) is 1. The van der Waals surface area contributed by atoms with Gasteiger partial charge >= 0.3 is 0 Å². The number of benzene rings is 2. The zero-order valence-electron chi connectivity index (χ0n) is 11.2. The summed E-state index contributed by atoms with van der Waals surface area (Å²) in [6.07, 6.45) is 0.855. The number of fused-ring (bicyclic) bond motifs is 1. The largest absolute Gasteiger partial charge is 0.352 e. The number of halogens is 2. The highest BCUT2D eigenvalue weighted by molar-refractivity contribution is 9.10. The third-order valence-corrected chi connectivity index (χ3v) is 5.05. The quantitative estimate of drug-likeness (QED) is 0.856. The van der Waals surface area contributed by atoms with E-state index in [1.54, 1.807) is 0 Å². The van der Waals surface area contributed by atoms with Gasteiger partial charge in [0.2, 0.25) is 0 Å². The Morgan fingerprint density at radius 3 is 2.90 bits per heavy atom. The van der Waals surface area contributed by atoms with Gasteiger partial charge in [0, 0.05) is 16.6 Å². The topological polar surface area (TPSA) is 55.1 Å². The van der Waals surface area contributed by atoms with E-state index >= 15 is 0 Å². The van der Waals surface area contributed by atoms with Crippen molar-refractivity contribution < 1.29 is 4.79 Å². The molecule has 0 aliphatic carbocycles. The molecular formula is C16H14BrClN2O. The van der Waals surface area contributed by atoms with Crippen LogP contribution >= 0.6 is 27.5 Å². The van der Waals surface area contributed by atoms with Crippen LogP contribution in [0.5, 0.6) is 0 Å². The van der Waals surface area contributed by atoms with Gasteiger partial charge in [-0.1, -0.05) is 35.9 Å². The molecule has 1 unspecified atom stereocenters. The Kier molecular flexibility index (Phi) is 4.02. The van der Waals surface area contributed by atoms with Crippen LogP contribution in [0.1, 0.15) is 33.1 Å². The lowest BCUT2D eigenvalue weighted by Crippen LogP contribution is -2.32. The third kappa shape index (κ3) is 2.71. The second-order valence-corrected chi connectivity index (χ2v) is 6.28. The Balaban J connectivity index is 2.02. The maximum atomic E-state index is 11.9. The van der Waals surface area contributed by atoms with Crippen LogP contribution in [0.2, 0.25) is 5.02 Å². The molecule has 2 aromatic carbocycles.